The van der Waals surface area contributed by atoms with Crippen molar-refractivity contribution in [1.82, 2.24) is 5.32 Å². The number of amides is 1. The molecule has 0 saturated heterocycles. The fourth-order valence-electron chi connectivity index (χ4n) is 0.765. The minimum absolute atomic E-state index is 0.0221. The molecule has 0 aromatic heterocycles. The highest BCUT2D eigenvalue weighted by Gasteiger charge is 2.10. The Morgan fingerprint density at radius 1 is 1.38 bits per heavy atom. The van der Waals surface area contributed by atoms with Gasteiger partial charge in [-0.15, -0.1) is 0 Å². The summed E-state index contributed by atoms with van der Waals surface area (Å²) >= 11 is 0. The van der Waals surface area contributed by atoms with Gasteiger partial charge in [0.25, 0.3) is 0 Å². The van der Waals surface area contributed by atoms with Crippen LogP contribution in [0.2, 0.25) is 0 Å². The third-order valence-corrected chi connectivity index (χ3v) is 1.34. The molecule has 13 heavy (non-hydrogen) atoms. The van der Waals surface area contributed by atoms with Gasteiger partial charge in [-0.3, -0.25) is 4.79 Å². The van der Waals surface area contributed by atoms with E-state index < -0.39 is 0 Å². The molecule has 0 fully saturated rings. The van der Waals surface area contributed by atoms with Gasteiger partial charge in [0.15, 0.2) is 0 Å². The van der Waals surface area contributed by atoms with Crippen LogP contribution >= 0.6 is 0 Å². The molecule has 0 spiro atoms. The van der Waals surface area contributed by atoms with Crippen molar-refractivity contribution in [3.63, 3.8) is 0 Å². The van der Waals surface area contributed by atoms with Crippen molar-refractivity contribution in [1.29, 1.82) is 0 Å². The van der Waals surface area contributed by atoms with E-state index >= 15 is 0 Å². The number of ether oxygens (including phenoxy) is 1. The maximum Gasteiger partial charge on any atom is 0.245 e. The number of carbonyl (C=O) groups excluding carboxylic acids is 1. The Labute approximate surface area is 80.8 Å². The summed E-state index contributed by atoms with van der Waals surface area (Å²) in [6.07, 6.45) is 0.963. The van der Waals surface area contributed by atoms with Crippen LogP contribution in [0.4, 0.5) is 0 Å². The van der Waals surface area contributed by atoms with Gasteiger partial charge in [0.2, 0.25) is 5.91 Å². The predicted octanol–water partition coefficient (Wildman–Crippen LogP) is 1.58. The summed E-state index contributed by atoms with van der Waals surface area (Å²) in [6, 6.07) is 0. The maximum atomic E-state index is 11.1. The highest BCUT2D eigenvalue weighted by Crippen LogP contribution is 2.12. The number of nitrogens with one attached hydrogen (secondary N) is 1. The molecule has 3 nitrogen and oxygen atoms in total. The van der Waals surface area contributed by atoms with Crippen molar-refractivity contribution in [2.24, 2.45) is 5.41 Å². The molecular formula is C10H21NO2. The minimum Gasteiger partial charge on any atom is -0.371 e. The first-order valence-electron chi connectivity index (χ1n) is 4.80. The molecule has 0 saturated carbocycles. The molecule has 1 amide bonds. The van der Waals surface area contributed by atoms with Crippen molar-refractivity contribution in [2.75, 3.05) is 19.8 Å². The number of hydrogen-bond acceptors (Lipinski definition) is 2. The van der Waals surface area contributed by atoms with Crippen molar-refractivity contribution in [3.05, 3.63) is 0 Å². The zero-order chi connectivity index (χ0) is 10.3. The van der Waals surface area contributed by atoms with Crippen molar-refractivity contribution in [2.45, 2.75) is 34.1 Å². The van der Waals surface area contributed by atoms with E-state index in [0.717, 1.165) is 13.0 Å². The molecule has 0 radical (unpaired) electrons. The zero-order valence-electron chi connectivity index (χ0n) is 9.14. The van der Waals surface area contributed by atoms with Crippen molar-refractivity contribution >= 4 is 5.91 Å². The fraction of sp³-hybridized carbons (Fsp3) is 0.900. The smallest absolute Gasteiger partial charge is 0.245 e. The van der Waals surface area contributed by atoms with Gasteiger partial charge in [-0.1, -0.05) is 27.7 Å². The molecule has 78 valence electrons. The second-order valence-electron chi connectivity index (χ2n) is 4.40. The monoisotopic (exact) mass is 187 g/mol. The molecule has 0 aliphatic carbocycles. The van der Waals surface area contributed by atoms with E-state index in [0.29, 0.717) is 6.61 Å². The molecule has 1 N–H and O–H groups in total. The standard InChI is InChI=1S/C10H21NO2/c1-5-6-11-9(12)7-13-8-10(2,3)4/h5-8H2,1-4H3,(H,11,12). The van der Waals surface area contributed by atoms with Gasteiger partial charge >= 0.3 is 0 Å². The van der Waals surface area contributed by atoms with Gasteiger partial charge in [-0.2, -0.15) is 0 Å². The third-order valence-electron chi connectivity index (χ3n) is 1.34. The zero-order valence-corrected chi connectivity index (χ0v) is 9.14. The van der Waals surface area contributed by atoms with Crippen LogP contribution in [-0.2, 0) is 9.53 Å². The molecule has 0 unspecified atom stereocenters. The van der Waals surface area contributed by atoms with Crippen LogP contribution < -0.4 is 5.32 Å². The van der Waals surface area contributed by atoms with E-state index in [9.17, 15) is 4.79 Å². The number of rotatable bonds is 5. The third kappa shape index (κ3) is 9.34. The second kappa shape index (κ2) is 5.97. The van der Waals surface area contributed by atoms with Crippen LogP contribution in [0.3, 0.4) is 0 Å². The Kier molecular flexibility index (Phi) is 5.71. The summed E-state index contributed by atoms with van der Waals surface area (Å²) in [5, 5.41) is 2.75. The molecule has 3 heteroatoms. The van der Waals surface area contributed by atoms with Gasteiger partial charge in [0.1, 0.15) is 6.61 Å². The van der Waals surface area contributed by atoms with E-state index in [4.69, 9.17) is 4.74 Å². The van der Waals surface area contributed by atoms with E-state index in [2.05, 4.69) is 26.1 Å². The molecule has 0 aliphatic rings. The average molecular weight is 187 g/mol. The van der Waals surface area contributed by atoms with Crippen LogP contribution in [-0.4, -0.2) is 25.7 Å². The van der Waals surface area contributed by atoms with Gasteiger partial charge < -0.3 is 10.1 Å². The summed E-state index contributed by atoms with van der Waals surface area (Å²) in [5.74, 6) is -0.0221. The number of hydrogen-bond donors (Lipinski definition) is 1. The average Bonchev–Trinajstić information content (AvgIpc) is 1.98. The SMILES string of the molecule is CCCNC(=O)COCC(C)(C)C. The lowest BCUT2D eigenvalue weighted by Crippen LogP contribution is -2.29. The number of carbonyl (C=O) groups is 1. The highest BCUT2D eigenvalue weighted by molar-refractivity contribution is 5.77. The van der Waals surface area contributed by atoms with E-state index in [1.165, 1.54) is 0 Å². The van der Waals surface area contributed by atoms with E-state index in [1.807, 2.05) is 6.92 Å². The molecule has 0 aromatic carbocycles. The molecule has 0 bridgehead atoms. The highest BCUT2D eigenvalue weighted by atomic mass is 16.5. The van der Waals surface area contributed by atoms with Gasteiger partial charge in [-0.25, -0.2) is 0 Å². The first kappa shape index (κ1) is 12.4. The first-order valence-corrected chi connectivity index (χ1v) is 4.80. The lowest BCUT2D eigenvalue weighted by molar-refractivity contribution is -0.126. The van der Waals surface area contributed by atoms with Crippen LogP contribution in [0.1, 0.15) is 34.1 Å². The summed E-state index contributed by atoms with van der Waals surface area (Å²) in [4.78, 5) is 11.1. The van der Waals surface area contributed by atoms with E-state index in [1.54, 1.807) is 0 Å². The lowest BCUT2D eigenvalue weighted by Gasteiger charge is -2.17. The molecule has 0 aliphatic heterocycles. The van der Waals surface area contributed by atoms with Crippen LogP contribution in [0.15, 0.2) is 0 Å². The Bertz CT molecular complexity index is 149. The Hall–Kier alpha value is -0.570. The maximum absolute atomic E-state index is 11.1. The second-order valence-corrected chi connectivity index (χ2v) is 4.40. The largest absolute Gasteiger partial charge is 0.371 e. The van der Waals surface area contributed by atoms with E-state index in [-0.39, 0.29) is 17.9 Å². The molecule has 0 heterocycles. The van der Waals surface area contributed by atoms with Crippen LogP contribution in [0.5, 0.6) is 0 Å². The lowest BCUT2D eigenvalue weighted by atomic mass is 9.99. The van der Waals surface area contributed by atoms with Gasteiger partial charge in [0, 0.05) is 6.54 Å². The molecule has 0 aromatic rings. The Balaban J connectivity index is 3.37. The summed E-state index contributed by atoms with van der Waals surface area (Å²) < 4.78 is 5.24. The molecule has 0 rings (SSSR count). The van der Waals surface area contributed by atoms with Gasteiger partial charge in [0.05, 0.1) is 6.61 Å². The molecule has 0 atom stereocenters. The predicted molar refractivity (Wildman–Crippen MR) is 53.6 cm³/mol. The quantitative estimate of drug-likeness (QED) is 0.709. The molecular weight excluding hydrogens is 166 g/mol. The summed E-state index contributed by atoms with van der Waals surface area (Å²) in [7, 11) is 0. The van der Waals surface area contributed by atoms with Crippen LogP contribution in [0, 0.1) is 5.41 Å². The Morgan fingerprint density at radius 3 is 2.46 bits per heavy atom. The summed E-state index contributed by atoms with van der Waals surface area (Å²) in [5.41, 5.74) is 0.130. The minimum atomic E-state index is -0.0221. The normalized spacial score (nSPS) is 11.4. The summed E-state index contributed by atoms with van der Waals surface area (Å²) in [6.45, 7) is 9.79. The fourth-order valence-corrected chi connectivity index (χ4v) is 0.765. The Morgan fingerprint density at radius 2 is 2.00 bits per heavy atom. The van der Waals surface area contributed by atoms with Crippen molar-refractivity contribution < 1.29 is 9.53 Å². The topological polar surface area (TPSA) is 38.3 Å². The van der Waals surface area contributed by atoms with Gasteiger partial charge in [-0.05, 0) is 11.8 Å². The van der Waals surface area contributed by atoms with Crippen molar-refractivity contribution in [3.8, 4) is 0 Å². The van der Waals surface area contributed by atoms with Crippen LogP contribution in [0.25, 0.3) is 0 Å². The first-order chi connectivity index (χ1) is 5.95.